The lowest BCUT2D eigenvalue weighted by Crippen LogP contribution is -2.05. The molecule has 2 N–H and O–H groups in total. The van der Waals surface area contributed by atoms with Gasteiger partial charge in [-0.1, -0.05) is 0 Å². The fraction of sp³-hybridized carbons (Fsp3) is 0.250. The topological polar surface area (TPSA) is 60.9 Å². The summed E-state index contributed by atoms with van der Waals surface area (Å²) in [6.07, 6.45) is 4.81. The molecule has 4 heteroatoms. The molecule has 0 aliphatic carbocycles. The van der Waals surface area contributed by atoms with E-state index in [4.69, 9.17) is 5.73 Å². The van der Waals surface area contributed by atoms with E-state index in [2.05, 4.69) is 5.10 Å². The number of carbonyl (C=O) groups is 1. The zero-order valence-corrected chi connectivity index (χ0v) is 7.11. The summed E-state index contributed by atoms with van der Waals surface area (Å²) in [5, 5.41) is 4.10. The molecule has 0 bridgehead atoms. The number of aryl methyl sites for hydroxylation is 2. The number of nitrogens with two attached hydrogens (primary N) is 1. The molecule has 0 aromatic carbocycles. The number of aromatic nitrogens is 2. The summed E-state index contributed by atoms with van der Waals surface area (Å²) in [6.45, 7) is 1.88. The minimum absolute atomic E-state index is 0.446. The maximum atomic E-state index is 10.4. The van der Waals surface area contributed by atoms with Gasteiger partial charge in [-0.25, -0.2) is 0 Å². The van der Waals surface area contributed by atoms with Crippen LogP contribution in [0.2, 0.25) is 0 Å². The molecule has 0 fully saturated rings. The smallest absolute Gasteiger partial charge is 0.241 e. The van der Waals surface area contributed by atoms with E-state index in [0.717, 1.165) is 11.3 Å². The number of primary amides is 1. The van der Waals surface area contributed by atoms with Crippen molar-refractivity contribution in [3.05, 3.63) is 23.5 Å². The maximum Gasteiger partial charge on any atom is 0.241 e. The second-order valence-electron chi connectivity index (χ2n) is 2.58. The van der Waals surface area contributed by atoms with Crippen LogP contribution < -0.4 is 5.73 Å². The summed E-state index contributed by atoms with van der Waals surface area (Å²) >= 11 is 0. The lowest BCUT2D eigenvalue weighted by atomic mass is 10.2. The molecule has 0 unspecified atom stereocenters. The van der Waals surface area contributed by atoms with Gasteiger partial charge in [0.15, 0.2) is 0 Å². The van der Waals surface area contributed by atoms with E-state index in [1.165, 1.54) is 6.08 Å². The molecule has 0 aliphatic rings. The van der Waals surface area contributed by atoms with Crippen LogP contribution in [0.25, 0.3) is 6.08 Å². The van der Waals surface area contributed by atoms with Crippen LogP contribution >= 0.6 is 0 Å². The van der Waals surface area contributed by atoms with Gasteiger partial charge in [0.05, 0.1) is 5.69 Å². The van der Waals surface area contributed by atoms with Gasteiger partial charge in [0, 0.05) is 24.9 Å². The molecular weight excluding hydrogens is 154 g/mol. The van der Waals surface area contributed by atoms with Crippen LogP contribution in [0.15, 0.2) is 12.3 Å². The normalized spacial score (nSPS) is 10.8. The van der Waals surface area contributed by atoms with Crippen molar-refractivity contribution in [2.24, 2.45) is 12.8 Å². The minimum atomic E-state index is -0.446. The Hall–Kier alpha value is -1.58. The van der Waals surface area contributed by atoms with Crippen molar-refractivity contribution in [2.45, 2.75) is 6.92 Å². The van der Waals surface area contributed by atoms with Crippen molar-refractivity contribution in [1.29, 1.82) is 0 Å². The molecule has 64 valence electrons. The third kappa shape index (κ3) is 1.95. The van der Waals surface area contributed by atoms with Gasteiger partial charge in [-0.15, -0.1) is 0 Å². The van der Waals surface area contributed by atoms with Crippen LogP contribution in [-0.2, 0) is 11.8 Å². The van der Waals surface area contributed by atoms with Crippen LogP contribution in [0.5, 0.6) is 0 Å². The molecule has 0 saturated carbocycles. The Morgan fingerprint density at radius 1 is 1.75 bits per heavy atom. The predicted molar refractivity (Wildman–Crippen MR) is 46.2 cm³/mol. The third-order valence-corrected chi connectivity index (χ3v) is 1.48. The van der Waals surface area contributed by atoms with Gasteiger partial charge in [0.1, 0.15) is 0 Å². The second-order valence-corrected chi connectivity index (χ2v) is 2.58. The number of rotatable bonds is 2. The molecule has 12 heavy (non-hydrogen) atoms. The fourth-order valence-electron chi connectivity index (χ4n) is 0.953. The summed E-state index contributed by atoms with van der Waals surface area (Å²) in [4.78, 5) is 10.4. The van der Waals surface area contributed by atoms with E-state index in [1.54, 1.807) is 10.8 Å². The van der Waals surface area contributed by atoms with E-state index in [0.29, 0.717) is 0 Å². The van der Waals surface area contributed by atoms with Crippen LogP contribution in [0.1, 0.15) is 11.3 Å². The van der Waals surface area contributed by atoms with Crippen molar-refractivity contribution >= 4 is 12.0 Å². The summed E-state index contributed by atoms with van der Waals surface area (Å²) in [7, 11) is 1.83. The standard InChI is InChI=1S/C8H11N3O/c1-6-7(3-4-8(9)12)5-11(2)10-6/h3-5H,1-2H3,(H2,9,12)/b4-3-. The highest BCUT2D eigenvalue weighted by Crippen LogP contribution is 2.05. The molecular formula is C8H11N3O. The van der Waals surface area contributed by atoms with Gasteiger partial charge in [-0.05, 0) is 13.0 Å². The average Bonchev–Trinajstić information content (AvgIpc) is 2.26. The van der Waals surface area contributed by atoms with Crippen molar-refractivity contribution in [1.82, 2.24) is 9.78 Å². The quantitative estimate of drug-likeness (QED) is 0.637. The predicted octanol–water partition coefficient (Wildman–Crippen LogP) is 0.227. The van der Waals surface area contributed by atoms with Crippen molar-refractivity contribution in [3.63, 3.8) is 0 Å². The Morgan fingerprint density at radius 3 is 2.83 bits per heavy atom. The Morgan fingerprint density at radius 2 is 2.42 bits per heavy atom. The Bertz CT molecular complexity index is 325. The van der Waals surface area contributed by atoms with Crippen LogP contribution in [0.3, 0.4) is 0 Å². The van der Waals surface area contributed by atoms with Gasteiger partial charge in [-0.3, -0.25) is 9.48 Å². The molecule has 1 heterocycles. The van der Waals surface area contributed by atoms with Crippen molar-refractivity contribution in [2.75, 3.05) is 0 Å². The Labute approximate surface area is 70.7 Å². The van der Waals surface area contributed by atoms with E-state index in [1.807, 2.05) is 20.2 Å². The summed E-state index contributed by atoms with van der Waals surface area (Å²) < 4.78 is 1.69. The maximum absolute atomic E-state index is 10.4. The van der Waals surface area contributed by atoms with E-state index in [9.17, 15) is 4.79 Å². The van der Waals surface area contributed by atoms with Gasteiger partial charge >= 0.3 is 0 Å². The molecule has 1 aromatic heterocycles. The lowest BCUT2D eigenvalue weighted by Gasteiger charge is -1.84. The molecule has 0 aliphatic heterocycles. The molecule has 0 atom stereocenters. The third-order valence-electron chi connectivity index (χ3n) is 1.48. The van der Waals surface area contributed by atoms with E-state index in [-0.39, 0.29) is 0 Å². The van der Waals surface area contributed by atoms with E-state index >= 15 is 0 Å². The summed E-state index contributed by atoms with van der Waals surface area (Å²) in [5.74, 6) is -0.446. The average molecular weight is 165 g/mol. The first-order valence-corrected chi connectivity index (χ1v) is 3.57. The monoisotopic (exact) mass is 165 g/mol. The largest absolute Gasteiger partial charge is 0.366 e. The fourth-order valence-corrected chi connectivity index (χ4v) is 0.953. The number of carbonyl (C=O) groups excluding carboxylic acids is 1. The number of nitrogens with zero attached hydrogens (tertiary/aromatic N) is 2. The molecule has 0 saturated heterocycles. The highest BCUT2D eigenvalue weighted by atomic mass is 16.1. The molecule has 0 spiro atoms. The Balaban J connectivity index is 2.89. The molecule has 1 aromatic rings. The molecule has 1 rings (SSSR count). The van der Waals surface area contributed by atoms with Crippen LogP contribution in [0, 0.1) is 6.92 Å². The first-order chi connectivity index (χ1) is 5.59. The van der Waals surface area contributed by atoms with Crippen LogP contribution in [-0.4, -0.2) is 15.7 Å². The van der Waals surface area contributed by atoms with Crippen LogP contribution in [0.4, 0.5) is 0 Å². The second kappa shape index (κ2) is 3.21. The molecule has 1 amide bonds. The number of hydrogen-bond donors (Lipinski definition) is 1. The molecule has 4 nitrogen and oxygen atoms in total. The van der Waals surface area contributed by atoms with Gasteiger partial charge in [0.25, 0.3) is 0 Å². The highest BCUT2D eigenvalue weighted by molar-refractivity contribution is 5.90. The Kier molecular flexibility index (Phi) is 2.28. The summed E-state index contributed by atoms with van der Waals surface area (Å²) in [6, 6.07) is 0. The first kappa shape index (κ1) is 8.52. The van der Waals surface area contributed by atoms with Crippen molar-refractivity contribution < 1.29 is 4.79 Å². The van der Waals surface area contributed by atoms with Gasteiger partial charge in [-0.2, -0.15) is 5.10 Å². The first-order valence-electron chi connectivity index (χ1n) is 3.57. The van der Waals surface area contributed by atoms with E-state index < -0.39 is 5.91 Å². The zero-order chi connectivity index (χ0) is 9.14. The zero-order valence-electron chi connectivity index (χ0n) is 7.11. The number of hydrogen-bond acceptors (Lipinski definition) is 2. The highest BCUT2D eigenvalue weighted by Gasteiger charge is 1.97. The SMILES string of the molecule is Cc1nn(C)cc1/C=C\C(N)=O. The number of amides is 1. The minimum Gasteiger partial charge on any atom is -0.366 e. The molecule has 0 radical (unpaired) electrons. The van der Waals surface area contributed by atoms with Gasteiger partial charge in [0.2, 0.25) is 5.91 Å². The van der Waals surface area contributed by atoms with Crippen molar-refractivity contribution in [3.8, 4) is 0 Å². The lowest BCUT2D eigenvalue weighted by molar-refractivity contribution is -0.113. The van der Waals surface area contributed by atoms with Gasteiger partial charge < -0.3 is 5.73 Å². The summed E-state index contributed by atoms with van der Waals surface area (Å²) in [5.41, 5.74) is 6.74.